The first kappa shape index (κ1) is 16.9. The second-order valence-corrected chi connectivity index (χ2v) is 7.43. The molecule has 8 nitrogen and oxygen atoms in total. The molecule has 0 radical (unpaired) electrons. The summed E-state index contributed by atoms with van der Waals surface area (Å²) in [7, 11) is 0. The van der Waals surface area contributed by atoms with Gasteiger partial charge in [0.05, 0.1) is 6.54 Å². The van der Waals surface area contributed by atoms with Crippen LogP contribution in [-0.2, 0) is 22.6 Å². The molecule has 0 aliphatic carbocycles. The molecular formula is C16H24N4O4. The van der Waals surface area contributed by atoms with E-state index >= 15 is 0 Å². The van der Waals surface area contributed by atoms with Crippen LogP contribution >= 0.6 is 0 Å². The molecule has 1 aromatic heterocycles. The number of rotatable bonds is 5. The van der Waals surface area contributed by atoms with Gasteiger partial charge in [0.25, 0.3) is 0 Å². The van der Waals surface area contributed by atoms with E-state index in [0.29, 0.717) is 43.8 Å². The zero-order chi connectivity index (χ0) is 17.5. The molecule has 2 atom stereocenters. The molecule has 2 saturated heterocycles. The number of amides is 1. The second-order valence-electron chi connectivity index (χ2n) is 7.43. The summed E-state index contributed by atoms with van der Waals surface area (Å²) >= 11 is 0. The van der Waals surface area contributed by atoms with Gasteiger partial charge < -0.3 is 14.5 Å². The van der Waals surface area contributed by atoms with Crippen LogP contribution in [0.2, 0.25) is 0 Å². The van der Waals surface area contributed by atoms with E-state index in [4.69, 9.17) is 4.52 Å². The lowest BCUT2D eigenvalue weighted by Crippen LogP contribution is -2.41. The van der Waals surface area contributed by atoms with Crippen molar-refractivity contribution in [3.05, 3.63) is 11.7 Å². The highest BCUT2D eigenvalue weighted by Gasteiger charge is 2.58. The van der Waals surface area contributed by atoms with Gasteiger partial charge in [0.15, 0.2) is 5.82 Å². The van der Waals surface area contributed by atoms with Gasteiger partial charge in [0, 0.05) is 45.4 Å². The van der Waals surface area contributed by atoms with Crippen LogP contribution in [0.25, 0.3) is 0 Å². The molecule has 1 N–H and O–H groups in total. The predicted molar refractivity (Wildman–Crippen MR) is 83.9 cm³/mol. The molecule has 3 heterocycles. The number of aliphatic carboxylic acids is 1. The van der Waals surface area contributed by atoms with E-state index in [2.05, 4.69) is 28.9 Å². The van der Waals surface area contributed by atoms with Crippen LogP contribution in [0, 0.1) is 17.3 Å². The number of nitrogens with zero attached hydrogens (tertiary/aromatic N) is 4. The molecule has 0 bridgehead atoms. The molecule has 0 spiro atoms. The Morgan fingerprint density at radius 3 is 2.71 bits per heavy atom. The van der Waals surface area contributed by atoms with Crippen molar-refractivity contribution < 1.29 is 19.2 Å². The largest absolute Gasteiger partial charge is 0.481 e. The van der Waals surface area contributed by atoms with Gasteiger partial charge in [-0.1, -0.05) is 19.0 Å². The van der Waals surface area contributed by atoms with Crippen LogP contribution in [0.5, 0.6) is 0 Å². The minimum Gasteiger partial charge on any atom is -0.481 e. The molecule has 0 saturated carbocycles. The number of carboxylic acid groups (broad SMARTS) is 1. The number of likely N-dealkylation sites (tertiary alicyclic amines) is 2. The number of carboxylic acids is 1. The fraction of sp³-hybridized carbons (Fsp3) is 0.750. The zero-order valence-corrected chi connectivity index (χ0v) is 14.4. The summed E-state index contributed by atoms with van der Waals surface area (Å²) < 4.78 is 5.24. The summed E-state index contributed by atoms with van der Waals surface area (Å²) in [5, 5.41) is 13.7. The van der Waals surface area contributed by atoms with Gasteiger partial charge in [-0.05, 0) is 5.92 Å². The molecule has 0 aromatic carbocycles. The summed E-state index contributed by atoms with van der Waals surface area (Å²) in [6, 6.07) is 0. The molecule has 1 amide bonds. The number of carbonyl (C=O) groups is 2. The van der Waals surface area contributed by atoms with Gasteiger partial charge in [-0.15, -0.1) is 0 Å². The SMILES string of the molecule is CC(=O)N1C[C@@H]2CN(Cc3noc(CC(C)C)n3)C[C@]2(C(=O)O)C1. The Balaban J connectivity index is 1.67. The average molecular weight is 336 g/mol. The molecule has 2 aliphatic heterocycles. The van der Waals surface area contributed by atoms with Crippen molar-refractivity contribution in [1.29, 1.82) is 0 Å². The maximum Gasteiger partial charge on any atom is 0.313 e. The van der Waals surface area contributed by atoms with Crippen molar-refractivity contribution in [2.45, 2.75) is 33.7 Å². The zero-order valence-electron chi connectivity index (χ0n) is 14.4. The van der Waals surface area contributed by atoms with Gasteiger partial charge in [-0.3, -0.25) is 14.5 Å². The van der Waals surface area contributed by atoms with Crippen LogP contribution in [0.1, 0.15) is 32.5 Å². The highest BCUT2D eigenvalue weighted by Crippen LogP contribution is 2.43. The maximum atomic E-state index is 11.9. The first-order valence-corrected chi connectivity index (χ1v) is 8.33. The van der Waals surface area contributed by atoms with Crippen molar-refractivity contribution >= 4 is 11.9 Å². The first-order chi connectivity index (χ1) is 11.3. The predicted octanol–water partition coefficient (Wildman–Crippen LogP) is 0.633. The Hall–Kier alpha value is -1.96. The Morgan fingerprint density at radius 2 is 2.12 bits per heavy atom. The monoisotopic (exact) mass is 336 g/mol. The van der Waals surface area contributed by atoms with E-state index in [1.54, 1.807) is 4.90 Å². The number of aromatic nitrogens is 2. The molecule has 1 aromatic rings. The van der Waals surface area contributed by atoms with Gasteiger partial charge >= 0.3 is 5.97 Å². The smallest absolute Gasteiger partial charge is 0.313 e. The Morgan fingerprint density at radius 1 is 1.38 bits per heavy atom. The molecule has 8 heteroatoms. The molecule has 132 valence electrons. The Labute approximate surface area is 140 Å². The molecule has 2 aliphatic rings. The normalized spacial score (nSPS) is 27.0. The van der Waals surface area contributed by atoms with Crippen molar-refractivity contribution in [2.24, 2.45) is 17.3 Å². The fourth-order valence-corrected chi connectivity index (χ4v) is 3.82. The van der Waals surface area contributed by atoms with Gasteiger partial charge in [0.2, 0.25) is 11.8 Å². The molecule has 24 heavy (non-hydrogen) atoms. The topological polar surface area (TPSA) is 99.8 Å². The fourth-order valence-electron chi connectivity index (χ4n) is 3.82. The third-order valence-electron chi connectivity index (χ3n) is 5.01. The summed E-state index contributed by atoms with van der Waals surface area (Å²) in [6.45, 7) is 7.96. The van der Waals surface area contributed by atoms with Crippen molar-refractivity contribution in [2.75, 3.05) is 26.2 Å². The summed E-state index contributed by atoms with van der Waals surface area (Å²) in [4.78, 5) is 31.6. The van der Waals surface area contributed by atoms with Crippen LogP contribution < -0.4 is 0 Å². The lowest BCUT2D eigenvalue weighted by atomic mass is 9.81. The van der Waals surface area contributed by atoms with Gasteiger partial charge in [0.1, 0.15) is 5.41 Å². The molecule has 2 fully saturated rings. The third-order valence-corrected chi connectivity index (χ3v) is 5.01. The van der Waals surface area contributed by atoms with E-state index in [1.807, 2.05) is 0 Å². The van der Waals surface area contributed by atoms with Gasteiger partial charge in [-0.2, -0.15) is 4.98 Å². The van der Waals surface area contributed by atoms with E-state index in [-0.39, 0.29) is 18.4 Å². The van der Waals surface area contributed by atoms with Gasteiger partial charge in [-0.25, -0.2) is 0 Å². The Bertz CT molecular complexity index is 644. The minimum absolute atomic E-state index is 0.0547. The molecular weight excluding hydrogens is 312 g/mol. The maximum absolute atomic E-state index is 11.9. The van der Waals surface area contributed by atoms with Crippen LogP contribution in [0.15, 0.2) is 4.52 Å². The lowest BCUT2D eigenvalue weighted by Gasteiger charge is -2.24. The van der Waals surface area contributed by atoms with Crippen molar-refractivity contribution in [3.63, 3.8) is 0 Å². The summed E-state index contributed by atoms with van der Waals surface area (Å²) in [5.74, 6) is 0.711. The van der Waals surface area contributed by atoms with Crippen molar-refractivity contribution in [3.8, 4) is 0 Å². The standard InChI is InChI=1S/C16H24N4O4/c1-10(2)4-14-17-13(18-24-14)7-19-5-12-6-20(11(3)21)9-16(12,8-19)15(22)23/h10,12H,4-9H2,1-3H3,(H,22,23)/t12-,16-/m0/s1. The van der Waals surface area contributed by atoms with Crippen molar-refractivity contribution in [1.82, 2.24) is 19.9 Å². The number of fused-ring (bicyclic) bond motifs is 1. The van der Waals surface area contributed by atoms with E-state index < -0.39 is 11.4 Å². The minimum atomic E-state index is -0.879. The first-order valence-electron chi connectivity index (χ1n) is 8.33. The number of hydrogen-bond donors (Lipinski definition) is 1. The quantitative estimate of drug-likeness (QED) is 0.842. The number of hydrogen-bond acceptors (Lipinski definition) is 6. The lowest BCUT2D eigenvalue weighted by molar-refractivity contribution is -0.149. The highest BCUT2D eigenvalue weighted by atomic mass is 16.5. The van der Waals surface area contributed by atoms with E-state index in [9.17, 15) is 14.7 Å². The number of carbonyl (C=O) groups excluding carboxylic acids is 1. The summed E-state index contributed by atoms with van der Waals surface area (Å²) in [6.07, 6.45) is 0.738. The summed E-state index contributed by atoms with van der Waals surface area (Å²) in [5.41, 5.74) is -0.879. The van der Waals surface area contributed by atoms with E-state index in [1.165, 1.54) is 6.92 Å². The second kappa shape index (κ2) is 6.16. The van der Waals surface area contributed by atoms with Crippen LogP contribution in [0.4, 0.5) is 0 Å². The Kier molecular flexibility index (Phi) is 4.33. The van der Waals surface area contributed by atoms with Crippen LogP contribution in [0.3, 0.4) is 0 Å². The highest BCUT2D eigenvalue weighted by molar-refractivity contribution is 5.80. The van der Waals surface area contributed by atoms with Crippen LogP contribution in [-0.4, -0.2) is 63.1 Å². The third kappa shape index (κ3) is 3.02. The van der Waals surface area contributed by atoms with E-state index in [0.717, 1.165) is 6.42 Å². The molecule has 0 unspecified atom stereocenters. The average Bonchev–Trinajstić information content (AvgIpc) is 3.11. The molecule has 3 rings (SSSR count).